The number of benzene rings is 1. The summed E-state index contributed by atoms with van der Waals surface area (Å²) in [6, 6.07) is 5.21. The Labute approximate surface area is 183 Å². The van der Waals surface area contributed by atoms with Crippen molar-refractivity contribution in [3.63, 3.8) is 0 Å². The Morgan fingerprint density at radius 3 is 2.50 bits per heavy atom. The Bertz CT molecular complexity index is 1230. The molecule has 1 fully saturated rings. The van der Waals surface area contributed by atoms with Gasteiger partial charge >= 0.3 is 0 Å². The minimum atomic E-state index is -3.22. The van der Waals surface area contributed by atoms with Crippen molar-refractivity contribution in [1.29, 1.82) is 0 Å². The molecule has 0 aliphatic carbocycles. The summed E-state index contributed by atoms with van der Waals surface area (Å²) < 4.78 is 27.1. The Morgan fingerprint density at radius 1 is 1.20 bits per heavy atom. The molecule has 0 spiro atoms. The number of hydrogen-bond acceptors (Lipinski definition) is 6. The van der Waals surface area contributed by atoms with Crippen LogP contribution in [0.5, 0.6) is 0 Å². The SMILES string of the molecule is CCS(=O)(=O)N1CCC(c2nc3c(nnn3Cc3c(Cl)cccc3Cl)c(=O)[nH]2)CC1. The van der Waals surface area contributed by atoms with Gasteiger partial charge in [0.25, 0.3) is 5.56 Å². The number of fused-ring (bicyclic) bond motifs is 1. The van der Waals surface area contributed by atoms with Gasteiger partial charge in [-0.3, -0.25) is 4.79 Å². The van der Waals surface area contributed by atoms with Crippen LogP contribution in [0.3, 0.4) is 0 Å². The van der Waals surface area contributed by atoms with Gasteiger partial charge in [0.05, 0.1) is 12.3 Å². The Kier molecular flexibility index (Phi) is 5.84. The first-order valence-corrected chi connectivity index (χ1v) is 11.9. The van der Waals surface area contributed by atoms with Gasteiger partial charge in [0, 0.05) is 34.6 Å². The van der Waals surface area contributed by atoms with Crippen molar-refractivity contribution in [2.45, 2.75) is 32.2 Å². The van der Waals surface area contributed by atoms with Crippen molar-refractivity contribution in [3.05, 3.63) is 50.0 Å². The summed E-state index contributed by atoms with van der Waals surface area (Å²) in [4.78, 5) is 19.9. The van der Waals surface area contributed by atoms with Gasteiger partial charge in [-0.05, 0) is 31.9 Å². The van der Waals surface area contributed by atoms with E-state index in [9.17, 15) is 13.2 Å². The van der Waals surface area contributed by atoms with Crippen LogP contribution >= 0.6 is 23.2 Å². The zero-order chi connectivity index (χ0) is 21.5. The van der Waals surface area contributed by atoms with E-state index in [-0.39, 0.29) is 29.3 Å². The topological polar surface area (TPSA) is 114 Å². The fraction of sp³-hybridized carbons (Fsp3) is 0.444. The summed E-state index contributed by atoms with van der Waals surface area (Å²) in [6.07, 6.45) is 1.15. The van der Waals surface area contributed by atoms with Crippen molar-refractivity contribution in [1.82, 2.24) is 29.3 Å². The lowest BCUT2D eigenvalue weighted by Crippen LogP contribution is -2.39. The molecule has 2 aromatic heterocycles. The van der Waals surface area contributed by atoms with E-state index in [0.29, 0.717) is 53.0 Å². The summed E-state index contributed by atoms with van der Waals surface area (Å²) >= 11 is 12.5. The molecule has 0 unspecified atom stereocenters. The summed E-state index contributed by atoms with van der Waals surface area (Å²) in [5.74, 6) is 0.529. The fourth-order valence-corrected chi connectivity index (χ4v) is 5.26. The number of sulfonamides is 1. The molecular formula is C18H20Cl2N6O3S. The van der Waals surface area contributed by atoms with Crippen molar-refractivity contribution in [3.8, 4) is 0 Å². The second kappa shape index (κ2) is 8.26. The van der Waals surface area contributed by atoms with Crippen LogP contribution in [0.1, 0.15) is 37.1 Å². The molecule has 1 saturated heterocycles. The van der Waals surface area contributed by atoms with Crippen LogP contribution in [0.2, 0.25) is 10.0 Å². The molecule has 160 valence electrons. The molecule has 3 heterocycles. The number of rotatable bonds is 5. The maximum Gasteiger partial charge on any atom is 0.281 e. The summed E-state index contributed by atoms with van der Waals surface area (Å²) in [7, 11) is -3.22. The number of aromatic nitrogens is 5. The van der Waals surface area contributed by atoms with Crippen LogP contribution in [-0.2, 0) is 16.6 Å². The average Bonchev–Trinajstić information content (AvgIpc) is 3.14. The maximum atomic E-state index is 12.5. The molecular weight excluding hydrogens is 451 g/mol. The van der Waals surface area contributed by atoms with E-state index in [4.69, 9.17) is 23.2 Å². The Morgan fingerprint density at radius 2 is 1.87 bits per heavy atom. The molecule has 9 nitrogen and oxygen atoms in total. The van der Waals surface area contributed by atoms with Gasteiger partial charge in [0.15, 0.2) is 11.2 Å². The number of aromatic amines is 1. The molecule has 0 bridgehead atoms. The minimum Gasteiger partial charge on any atom is -0.308 e. The van der Waals surface area contributed by atoms with E-state index in [1.165, 1.54) is 8.99 Å². The summed E-state index contributed by atoms with van der Waals surface area (Å²) in [5.41, 5.74) is 0.755. The normalized spacial score (nSPS) is 16.4. The van der Waals surface area contributed by atoms with E-state index < -0.39 is 10.0 Å². The Hall–Kier alpha value is -2.01. The van der Waals surface area contributed by atoms with E-state index in [0.717, 1.165) is 0 Å². The van der Waals surface area contributed by atoms with Crippen molar-refractivity contribution in [2.75, 3.05) is 18.8 Å². The van der Waals surface area contributed by atoms with Gasteiger partial charge in [-0.25, -0.2) is 22.4 Å². The molecule has 1 aromatic carbocycles. The van der Waals surface area contributed by atoms with Gasteiger partial charge in [0.1, 0.15) is 5.82 Å². The number of nitrogens with one attached hydrogen (secondary N) is 1. The zero-order valence-electron chi connectivity index (χ0n) is 16.2. The number of hydrogen-bond donors (Lipinski definition) is 1. The third-order valence-corrected chi connectivity index (χ3v) is 7.95. The molecule has 0 saturated carbocycles. The van der Waals surface area contributed by atoms with Gasteiger partial charge in [-0.15, -0.1) is 5.10 Å². The molecule has 0 amide bonds. The van der Waals surface area contributed by atoms with Crippen LogP contribution < -0.4 is 5.56 Å². The van der Waals surface area contributed by atoms with Gasteiger partial charge < -0.3 is 4.98 Å². The predicted molar refractivity (Wildman–Crippen MR) is 115 cm³/mol. The molecule has 4 rings (SSSR count). The first kappa shape index (κ1) is 21.2. The van der Waals surface area contributed by atoms with Crippen LogP contribution in [0, 0.1) is 0 Å². The number of nitrogens with zero attached hydrogens (tertiary/aromatic N) is 5. The van der Waals surface area contributed by atoms with Gasteiger partial charge in [0.2, 0.25) is 10.0 Å². The van der Waals surface area contributed by atoms with Gasteiger partial charge in [-0.2, -0.15) is 0 Å². The van der Waals surface area contributed by atoms with E-state index >= 15 is 0 Å². The minimum absolute atomic E-state index is 0.0577. The standard InChI is InChI=1S/C18H20Cl2N6O3S/c1-2-30(28,29)25-8-6-11(7-9-25)16-21-17-15(18(27)22-16)23-24-26(17)10-12-13(19)4-3-5-14(12)20/h3-5,11H,2,6-10H2,1H3,(H,21,22,27). The molecule has 1 N–H and O–H groups in total. The third-order valence-electron chi connectivity index (χ3n) is 5.36. The summed E-state index contributed by atoms with van der Waals surface area (Å²) in [6.45, 7) is 2.65. The predicted octanol–water partition coefficient (Wildman–Crippen LogP) is 2.40. The first-order chi connectivity index (χ1) is 14.3. The molecule has 12 heteroatoms. The van der Waals surface area contributed by atoms with E-state index in [2.05, 4.69) is 20.3 Å². The average molecular weight is 471 g/mol. The zero-order valence-corrected chi connectivity index (χ0v) is 18.5. The first-order valence-electron chi connectivity index (χ1n) is 9.54. The maximum absolute atomic E-state index is 12.5. The quantitative estimate of drug-likeness (QED) is 0.612. The van der Waals surface area contributed by atoms with Crippen LogP contribution in [-0.4, -0.2) is 56.5 Å². The summed E-state index contributed by atoms with van der Waals surface area (Å²) in [5, 5.41) is 8.98. The molecule has 1 aliphatic rings. The monoisotopic (exact) mass is 470 g/mol. The Balaban J connectivity index is 1.64. The lowest BCUT2D eigenvalue weighted by Gasteiger charge is -2.30. The van der Waals surface area contributed by atoms with Crippen molar-refractivity contribution >= 4 is 44.4 Å². The highest BCUT2D eigenvalue weighted by atomic mass is 35.5. The van der Waals surface area contributed by atoms with Gasteiger partial charge in [-0.1, -0.05) is 34.5 Å². The highest BCUT2D eigenvalue weighted by Gasteiger charge is 2.29. The highest BCUT2D eigenvalue weighted by Crippen LogP contribution is 2.28. The third kappa shape index (κ3) is 3.96. The molecule has 0 atom stereocenters. The largest absolute Gasteiger partial charge is 0.308 e. The number of piperidine rings is 1. The molecule has 3 aromatic rings. The fourth-order valence-electron chi connectivity index (χ4n) is 3.61. The van der Waals surface area contributed by atoms with E-state index in [1.54, 1.807) is 25.1 Å². The lowest BCUT2D eigenvalue weighted by atomic mass is 9.97. The lowest BCUT2D eigenvalue weighted by molar-refractivity contribution is 0.314. The van der Waals surface area contributed by atoms with Crippen molar-refractivity contribution in [2.24, 2.45) is 0 Å². The van der Waals surface area contributed by atoms with E-state index in [1.807, 2.05) is 0 Å². The smallest absolute Gasteiger partial charge is 0.281 e. The van der Waals surface area contributed by atoms with Crippen LogP contribution in [0.15, 0.2) is 23.0 Å². The second-order valence-corrected chi connectivity index (χ2v) is 10.2. The number of H-pyrrole nitrogens is 1. The van der Waals surface area contributed by atoms with Crippen LogP contribution in [0.4, 0.5) is 0 Å². The molecule has 1 aliphatic heterocycles. The second-order valence-electron chi connectivity index (χ2n) is 7.14. The number of halogens is 2. The van der Waals surface area contributed by atoms with Crippen LogP contribution in [0.25, 0.3) is 11.2 Å². The molecule has 0 radical (unpaired) electrons. The van der Waals surface area contributed by atoms with Crippen molar-refractivity contribution < 1.29 is 8.42 Å². The highest BCUT2D eigenvalue weighted by molar-refractivity contribution is 7.89. The molecule has 30 heavy (non-hydrogen) atoms.